The third kappa shape index (κ3) is 21.9. The zero-order valence-corrected chi connectivity index (χ0v) is 63.6. The Morgan fingerprint density at radius 3 is 0.935 bits per heavy atom. The maximum absolute atomic E-state index is 11.7. The first-order valence-electron chi connectivity index (χ1n) is 33.6. The smallest absolute Gasteiger partial charge is 0.373 e. The zero-order chi connectivity index (χ0) is 74.7. The molecule has 0 saturated heterocycles. The summed E-state index contributed by atoms with van der Waals surface area (Å²) in [6, 6.07) is 96.3. The Balaban J connectivity index is 0.000000283. The number of para-hydroxylation sites is 3. The first-order valence-corrected chi connectivity index (χ1v) is 38.5. The van der Waals surface area contributed by atoms with Gasteiger partial charge in [0.05, 0.1) is 21.7 Å². The summed E-state index contributed by atoms with van der Waals surface area (Å²) in [7, 11) is 1.43. The molecule has 21 heteroatoms. The highest BCUT2D eigenvalue weighted by atomic mass is 32.1. The average molecular weight is 1560 g/mol. The van der Waals surface area contributed by atoms with E-state index in [4.69, 9.17) is 45.4 Å². The van der Waals surface area contributed by atoms with Crippen LogP contribution in [0.4, 0.5) is 51.2 Å². The SMILES string of the molecule is C.C.CCCc1ccc(N(c2ccccc2)c2ccc(-c3ccc(-c4nc5sc(-c6ccc(-c7ccc(N(c8ccccc8)c8ccc(CCC(=O)OC)cc8)cc7)s6)nc5s4)s3)cc2)cc1.CCCc1ccc(N(c2ccccc2)c2ccc(-c3ccc(C=O)s3)cc2)cc1.NC(=S)C(N)=S.O=C=O.O=C=O. The molecule has 0 unspecified atom stereocenters. The second kappa shape index (κ2) is 41.5. The summed E-state index contributed by atoms with van der Waals surface area (Å²) in [4.78, 5) is 80.9. The van der Waals surface area contributed by atoms with Crippen LogP contribution in [0.5, 0.6) is 0 Å². The van der Waals surface area contributed by atoms with E-state index in [9.17, 15) is 9.59 Å². The monoisotopic (exact) mass is 1560 g/mol. The molecule has 0 fully saturated rings. The Kier molecular flexibility index (Phi) is 31.7. The van der Waals surface area contributed by atoms with Gasteiger partial charge in [-0.2, -0.15) is 19.2 Å². The van der Waals surface area contributed by atoms with Gasteiger partial charge >= 0.3 is 18.3 Å². The molecule has 0 amide bonds. The number of rotatable bonds is 22. The molecular weight excluding hydrogens is 1480 g/mol. The fourth-order valence-electron chi connectivity index (χ4n) is 11.4. The van der Waals surface area contributed by atoms with Crippen molar-refractivity contribution in [1.29, 1.82) is 0 Å². The van der Waals surface area contributed by atoms with E-state index in [1.807, 2.05) is 24.3 Å². The van der Waals surface area contributed by atoms with Crippen LogP contribution in [0.15, 0.2) is 273 Å². The van der Waals surface area contributed by atoms with Gasteiger partial charge in [0.1, 0.15) is 20.0 Å². The molecule has 14 aromatic rings. The van der Waals surface area contributed by atoms with E-state index in [2.05, 4.69) is 302 Å². The topological polar surface area (TPSA) is 199 Å². The maximum atomic E-state index is 11.7. The molecule has 0 atom stereocenters. The number of anilines is 9. The number of hydrogen-bond acceptors (Lipinski definition) is 19. The number of thiazole rings is 2. The number of fused-ring (bicyclic) bond motifs is 1. The van der Waals surface area contributed by atoms with Gasteiger partial charge in [-0.15, -0.1) is 34.0 Å². The third-order valence-corrected chi connectivity index (χ3v) is 22.6. The van der Waals surface area contributed by atoms with E-state index in [1.54, 1.807) is 45.3 Å². The molecule has 14 nitrogen and oxygen atoms in total. The Hall–Kier alpha value is -11.3. The van der Waals surface area contributed by atoms with Gasteiger partial charge in [-0.3, -0.25) is 9.59 Å². The maximum Gasteiger partial charge on any atom is 0.373 e. The lowest BCUT2D eigenvalue weighted by Gasteiger charge is -2.25. The van der Waals surface area contributed by atoms with Gasteiger partial charge in [0.25, 0.3) is 0 Å². The lowest BCUT2D eigenvalue weighted by atomic mass is 10.1. The van der Waals surface area contributed by atoms with Crippen molar-refractivity contribution in [3.8, 4) is 51.1 Å². The van der Waals surface area contributed by atoms with Gasteiger partial charge in [0.15, 0.2) is 15.9 Å². The van der Waals surface area contributed by atoms with Crippen LogP contribution in [0, 0.1) is 0 Å². The zero-order valence-electron chi connectivity index (χ0n) is 57.9. The van der Waals surface area contributed by atoms with E-state index in [-0.39, 0.29) is 43.1 Å². The van der Waals surface area contributed by atoms with Crippen molar-refractivity contribution in [1.82, 2.24) is 9.97 Å². The van der Waals surface area contributed by atoms with Gasteiger partial charge in [0, 0.05) is 72.2 Å². The molecule has 0 aliphatic rings. The van der Waals surface area contributed by atoms with E-state index >= 15 is 0 Å². The molecular formula is C87H79N7O7S7. The van der Waals surface area contributed by atoms with Crippen LogP contribution in [0.3, 0.4) is 0 Å². The van der Waals surface area contributed by atoms with Crippen LogP contribution in [0.1, 0.15) is 74.3 Å². The summed E-state index contributed by atoms with van der Waals surface area (Å²) in [5.74, 6) is -0.200. The second-order valence-electron chi connectivity index (χ2n) is 23.4. The summed E-state index contributed by atoms with van der Waals surface area (Å²) in [6.45, 7) is 4.43. The van der Waals surface area contributed by atoms with Gasteiger partial charge in [0.2, 0.25) is 0 Å². The molecule has 4 N–H and O–H groups in total. The Labute approximate surface area is 660 Å². The van der Waals surface area contributed by atoms with Crippen molar-refractivity contribution in [2.75, 3.05) is 21.8 Å². The minimum atomic E-state index is -0.200. The van der Waals surface area contributed by atoms with Crippen LogP contribution in [-0.2, 0) is 48.0 Å². The predicted octanol–water partition coefficient (Wildman–Crippen LogP) is 23.9. The van der Waals surface area contributed by atoms with Gasteiger partial charge < -0.3 is 30.9 Å². The van der Waals surface area contributed by atoms with Crippen LogP contribution >= 0.6 is 81.1 Å². The lowest BCUT2D eigenvalue weighted by Crippen LogP contribution is -2.26. The Morgan fingerprint density at radius 1 is 0.389 bits per heavy atom. The molecule has 108 heavy (non-hydrogen) atoms. The van der Waals surface area contributed by atoms with Crippen LogP contribution < -0.4 is 26.2 Å². The van der Waals surface area contributed by atoms with Gasteiger partial charge in [-0.1, -0.05) is 216 Å². The lowest BCUT2D eigenvalue weighted by molar-refractivity contribution is -0.193. The summed E-state index contributed by atoms with van der Waals surface area (Å²) >= 11 is 17.0. The molecule has 0 bridgehead atoms. The first kappa shape index (κ1) is 82.3. The van der Waals surface area contributed by atoms with E-state index in [0.717, 1.165) is 139 Å². The summed E-state index contributed by atoms with van der Waals surface area (Å²) in [6.07, 6.45) is 6.89. The number of benzene rings is 9. The number of nitrogens with two attached hydrogens (primary N) is 2. The molecule has 0 aliphatic heterocycles. The van der Waals surface area contributed by atoms with E-state index in [0.29, 0.717) is 12.8 Å². The number of aldehydes is 1. The highest BCUT2D eigenvalue weighted by Gasteiger charge is 2.20. The number of carbonyl (C=O) groups is 2. The number of thiophene rings is 3. The predicted molar refractivity (Wildman–Crippen MR) is 457 cm³/mol. The van der Waals surface area contributed by atoms with Crippen molar-refractivity contribution >= 4 is 177 Å². The summed E-state index contributed by atoms with van der Waals surface area (Å²) in [5.41, 5.74) is 27.1. The van der Waals surface area contributed by atoms with Gasteiger partial charge in [-0.25, -0.2) is 9.97 Å². The van der Waals surface area contributed by atoms with Crippen molar-refractivity contribution in [3.63, 3.8) is 0 Å². The van der Waals surface area contributed by atoms with Crippen LogP contribution in [0.25, 0.3) is 60.8 Å². The van der Waals surface area contributed by atoms with Crippen molar-refractivity contribution < 1.29 is 33.5 Å². The van der Waals surface area contributed by atoms with Crippen LogP contribution in [-0.4, -0.2) is 51.6 Å². The number of methoxy groups -OCH3 is 1. The quantitative estimate of drug-likeness (QED) is 0.0368. The minimum Gasteiger partial charge on any atom is -0.469 e. The molecule has 5 aromatic heterocycles. The number of aromatic nitrogens is 2. The summed E-state index contributed by atoms with van der Waals surface area (Å²) < 4.78 is 4.83. The molecule has 0 saturated carbocycles. The van der Waals surface area contributed by atoms with Crippen molar-refractivity contribution in [2.24, 2.45) is 11.5 Å². The van der Waals surface area contributed by atoms with E-state index in [1.165, 1.54) is 44.9 Å². The average Bonchev–Trinajstić information content (AvgIpc) is 1.52. The standard InChI is InChI=1S/C55H44N4O2S4.C26H23NOS.C2H4N2S2.2CO2.2CH4/c1-3-10-37-15-24-43(25-16-37)58(41-11-6-4-7-12-41)45-28-20-39(21-29-45)47-32-34-49(62-47)52-56-54-55(64-52)57-53(65-54)50-35-33-48(63-50)40-22-30-46(31-23-40)59(42-13-8-5-9-14-42)44-26-17-38(18-27-44)19-36-51(60)61-2;1-2-6-20-9-13-23(14-10-20)27(22-7-4-3-5-8-22)24-15-11-21(12-16-24)26-18-17-25(19-28)29-26;3-1(5)2(4)6;2*2-1-3;;/h4-9,11-18,20-35H,3,10,19,36H2,1-2H3;3-5,7-19H,2,6H2,1H3;(H2,3,5)(H2,4,6);;;2*1H4. The number of esters is 1. The number of hydrogen-bond donors (Lipinski definition) is 2. The number of aryl methyl sites for hydroxylation is 3. The summed E-state index contributed by atoms with van der Waals surface area (Å²) in [5, 5.41) is 2.00. The fourth-order valence-corrected chi connectivity index (χ4v) is 16.4. The highest BCUT2D eigenvalue weighted by molar-refractivity contribution is 7.89. The van der Waals surface area contributed by atoms with E-state index < -0.39 is 0 Å². The Bertz CT molecular complexity index is 5170. The minimum absolute atomic E-state index is 0. The first-order chi connectivity index (χ1) is 51.7. The number of thiocarbonyl (C=S) groups is 2. The van der Waals surface area contributed by atoms with Crippen molar-refractivity contribution in [3.05, 3.63) is 295 Å². The molecule has 9 aromatic carbocycles. The number of carbonyl (C=O) groups excluding carboxylic acids is 6. The van der Waals surface area contributed by atoms with Crippen LogP contribution in [0.2, 0.25) is 0 Å². The molecule has 0 aliphatic carbocycles. The molecule has 5 heterocycles. The van der Waals surface area contributed by atoms with Gasteiger partial charge in [-0.05, 0) is 198 Å². The number of nitrogens with zero attached hydrogens (tertiary/aromatic N) is 5. The number of ether oxygens (including phenoxy) is 1. The molecule has 0 spiro atoms. The normalized spacial score (nSPS) is 10.2. The molecule has 546 valence electrons. The second-order valence-corrected chi connectivity index (χ2v) is 29.5. The Morgan fingerprint density at radius 2 is 0.657 bits per heavy atom. The van der Waals surface area contributed by atoms with Crippen molar-refractivity contribution in [2.45, 2.75) is 67.2 Å². The third-order valence-electron chi connectivity index (χ3n) is 16.4. The molecule has 14 rings (SSSR count). The largest absolute Gasteiger partial charge is 0.469 e. The highest BCUT2D eigenvalue weighted by Crippen LogP contribution is 2.45. The fraction of sp³-hybridized carbons (Fsp3) is 0.126. The molecule has 0 radical (unpaired) electrons.